The molecular formula is C13H12Cl3N5O2. The number of β-amino-alcohol motifs (C(OH)–C–C–N with tert-alkyl or cyclic N) is 1. The summed E-state index contributed by atoms with van der Waals surface area (Å²) >= 11 is 17.1. The van der Waals surface area contributed by atoms with Crippen LogP contribution in [0.2, 0.25) is 0 Å². The molecule has 0 spiro atoms. The number of likely N-dealkylation sites (tertiary alicyclic amines) is 1. The molecule has 122 valence electrons. The molecular weight excluding hydrogens is 365 g/mol. The molecule has 2 aromatic rings. The average molecular weight is 377 g/mol. The van der Waals surface area contributed by atoms with Crippen LogP contribution in [0, 0.1) is 0 Å². The number of alkyl halides is 3. The molecule has 2 heterocycles. The summed E-state index contributed by atoms with van der Waals surface area (Å²) in [6.45, 7) is 0.00650. The van der Waals surface area contributed by atoms with Gasteiger partial charge >= 0.3 is 0 Å². The highest BCUT2D eigenvalue weighted by molar-refractivity contribution is 6.68. The number of aromatic nitrogens is 4. The maximum Gasteiger partial charge on any atom is 0.227 e. The van der Waals surface area contributed by atoms with Crippen LogP contribution in [0.3, 0.4) is 0 Å². The van der Waals surface area contributed by atoms with Crippen LogP contribution in [0.25, 0.3) is 11.4 Å². The largest absolute Gasteiger partial charge is 0.382 e. The number of H-pyrrole nitrogens is 1. The van der Waals surface area contributed by atoms with Crippen molar-refractivity contribution < 1.29 is 9.90 Å². The fourth-order valence-corrected chi connectivity index (χ4v) is 2.64. The van der Waals surface area contributed by atoms with E-state index < -0.39 is 9.39 Å². The molecule has 3 rings (SSSR count). The Hall–Kier alpha value is -1.41. The molecule has 1 saturated heterocycles. The Kier molecular flexibility index (Phi) is 4.22. The molecule has 0 bridgehead atoms. The second-order valence-electron chi connectivity index (χ2n) is 5.39. The smallest absolute Gasteiger partial charge is 0.227 e. The first-order chi connectivity index (χ1) is 10.8. The van der Waals surface area contributed by atoms with E-state index in [1.807, 2.05) is 12.1 Å². The van der Waals surface area contributed by atoms with E-state index in [1.54, 1.807) is 12.1 Å². The number of tetrazole rings is 1. The second kappa shape index (κ2) is 5.90. The van der Waals surface area contributed by atoms with Crippen LogP contribution in [0.5, 0.6) is 0 Å². The number of carbonyl (C=O) groups is 1. The van der Waals surface area contributed by atoms with Crippen molar-refractivity contribution in [1.29, 1.82) is 0 Å². The summed E-state index contributed by atoms with van der Waals surface area (Å²) in [6, 6.07) is 7.23. The predicted molar refractivity (Wildman–Crippen MR) is 85.1 cm³/mol. The molecule has 2 N–H and O–H groups in total. The van der Waals surface area contributed by atoms with Crippen LogP contribution in [0.15, 0.2) is 24.3 Å². The number of rotatable bonds is 3. The molecule has 1 aromatic heterocycles. The van der Waals surface area contributed by atoms with Gasteiger partial charge in [-0.25, -0.2) is 0 Å². The van der Waals surface area contributed by atoms with Gasteiger partial charge in [-0.15, -0.1) is 10.2 Å². The van der Waals surface area contributed by atoms with Crippen molar-refractivity contribution >= 4 is 40.7 Å². The van der Waals surface area contributed by atoms with Gasteiger partial charge in [-0.1, -0.05) is 59.1 Å². The van der Waals surface area contributed by atoms with E-state index in [2.05, 4.69) is 20.6 Å². The number of hydrogen-bond acceptors (Lipinski definition) is 5. The van der Waals surface area contributed by atoms with Gasteiger partial charge in [-0.3, -0.25) is 4.79 Å². The lowest BCUT2D eigenvalue weighted by Crippen LogP contribution is -2.69. The van der Waals surface area contributed by atoms with Crippen LogP contribution < -0.4 is 0 Å². The van der Waals surface area contributed by atoms with Gasteiger partial charge in [0.05, 0.1) is 19.5 Å². The van der Waals surface area contributed by atoms with E-state index >= 15 is 0 Å². The second-order valence-corrected chi connectivity index (χ2v) is 7.67. The van der Waals surface area contributed by atoms with Crippen molar-refractivity contribution in [2.75, 3.05) is 13.1 Å². The molecule has 10 heteroatoms. The van der Waals surface area contributed by atoms with Crippen LogP contribution in [0.4, 0.5) is 0 Å². The van der Waals surface area contributed by atoms with E-state index in [-0.39, 0.29) is 25.4 Å². The van der Waals surface area contributed by atoms with Crippen molar-refractivity contribution in [2.24, 2.45) is 0 Å². The third kappa shape index (κ3) is 3.28. The molecule has 23 heavy (non-hydrogen) atoms. The molecule has 0 saturated carbocycles. The Morgan fingerprint density at radius 1 is 1.30 bits per heavy atom. The normalized spacial score (nSPS) is 17.0. The number of amides is 1. The highest BCUT2D eigenvalue weighted by atomic mass is 35.6. The zero-order valence-corrected chi connectivity index (χ0v) is 14.0. The first kappa shape index (κ1) is 16.4. The third-order valence-electron chi connectivity index (χ3n) is 3.70. The molecule has 7 nitrogen and oxygen atoms in total. The first-order valence-corrected chi connectivity index (χ1v) is 7.81. The quantitative estimate of drug-likeness (QED) is 0.789. The maximum atomic E-state index is 12.2. The van der Waals surface area contributed by atoms with E-state index in [9.17, 15) is 9.90 Å². The van der Waals surface area contributed by atoms with Gasteiger partial charge in [-0.05, 0) is 10.8 Å². The summed E-state index contributed by atoms with van der Waals surface area (Å²) < 4.78 is -1.81. The minimum absolute atomic E-state index is 0.00325. The van der Waals surface area contributed by atoms with Gasteiger partial charge in [0.25, 0.3) is 0 Å². The van der Waals surface area contributed by atoms with Crippen molar-refractivity contribution in [1.82, 2.24) is 25.5 Å². The molecule has 0 atom stereocenters. The predicted octanol–water partition coefficient (Wildman–Crippen LogP) is 1.35. The molecule has 0 radical (unpaired) electrons. The number of nitrogens with one attached hydrogen (secondary N) is 1. The zero-order chi connectivity index (χ0) is 16.7. The number of halogens is 3. The summed E-state index contributed by atoms with van der Waals surface area (Å²) in [4.78, 5) is 13.6. The van der Waals surface area contributed by atoms with Gasteiger partial charge in [0.1, 0.15) is 5.60 Å². The molecule has 1 fully saturated rings. The molecule has 1 aliphatic heterocycles. The Bertz CT molecular complexity index is 693. The van der Waals surface area contributed by atoms with E-state index in [0.717, 1.165) is 11.1 Å². The number of aromatic amines is 1. The number of nitrogens with zero attached hydrogens (tertiary/aromatic N) is 4. The summed E-state index contributed by atoms with van der Waals surface area (Å²) in [5.74, 6) is 0.342. The van der Waals surface area contributed by atoms with Crippen molar-refractivity contribution in [2.45, 2.75) is 15.8 Å². The lowest BCUT2D eigenvalue weighted by molar-refractivity contribution is -0.153. The van der Waals surface area contributed by atoms with Crippen molar-refractivity contribution in [3.05, 3.63) is 29.8 Å². The standard InChI is InChI=1S/C13H12Cl3N5O2/c14-13(15,16)12(23)6-21(7-12)10(22)5-8-1-3-9(4-2-8)11-17-19-20-18-11/h1-4,23H,5-7H2,(H,17,18,19,20). The third-order valence-corrected chi connectivity index (χ3v) is 4.75. The van der Waals surface area contributed by atoms with Crippen molar-refractivity contribution in [3.63, 3.8) is 0 Å². The molecule has 1 aromatic carbocycles. The summed E-state index contributed by atoms with van der Waals surface area (Å²) in [7, 11) is 0. The SMILES string of the molecule is O=C(Cc1ccc(-c2nn[nH]n2)cc1)N1CC(O)(C(Cl)(Cl)Cl)C1. The zero-order valence-electron chi connectivity index (χ0n) is 11.7. The number of carbonyl (C=O) groups excluding carboxylic acids is 1. The lowest BCUT2D eigenvalue weighted by atomic mass is 9.95. The fraction of sp³-hybridized carbons (Fsp3) is 0.385. The lowest BCUT2D eigenvalue weighted by Gasteiger charge is -2.49. The highest BCUT2D eigenvalue weighted by Gasteiger charge is 2.56. The van der Waals surface area contributed by atoms with Crippen molar-refractivity contribution in [3.8, 4) is 11.4 Å². The van der Waals surface area contributed by atoms with E-state index in [4.69, 9.17) is 34.8 Å². The minimum atomic E-state index is -1.81. The van der Waals surface area contributed by atoms with Crippen LogP contribution in [-0.4, -0.2) is 59.0 Å². The monoisotopic (exact) mass is 375 g/mol. The average Bonchev–Trinajstić information content (AvgIpc) is 2.97. The van der Waals surface area contributed by atoms with Gasteiger partial charge < -0.3 is 10.0 Å². The number of benzene rings is 1. The Labute approximate surface area is 146 Å². The van der Waals surface area contributed by atoms with Gasteiger partial charge in [0, 0.05) is 5.56 Å². The molecule has 1 aliphatic rings. The number of aliphatic hydroxyl groups is 1. The summed E-state index contributed by atoms with van der Waals surface area (Å²) in [6.07, 6.45) is 0.197. The molecule has 1 amide bonds. The Morgan fingerprint density at radius 2 is 1.96 bits per heavy atom. The molecule has 0 unspecified atom stereocenters. The van der Waals surface area contributed by atoms with Crippen LogP contribution in [-0.2, 0) is 11.2 Å². The highest BCUT2D eigenvalue weighted by Crippen LogP contribution is 2.43. The number of hydrogen-bond donors (Lipinski definition) is 2. The summed E-state index contributed by atoms with van der Waals surface area (Å²) in [5, 5.41) is 23.7. The Morgan fingerprint density at radius 3 is 2.48 bits per heavy atom. The van der Waals surface area contributed by atoms with Gasteiger partial charge in [0.15, 0.2) is 0 Å². The van der Waals surface area contributed by atoms with Gasteiger partial charge in [0.2, 0.25) is 15.5 Å². The van der Waals surface area contributed by atoms with Crippen LogP contribution in [0.1, 0.15) is 5.56 Å². The molecule has 0 aliphatic carbocycles. The first-order valence-electron chi connectivity index (χ1n) is 6.68. The fourth-order valence-electron chi connectivity index (χ4n) is 2.28. The van der Waals surface area contributed by atoms with Gasteiger partial charge in [-0.2, -0.15) is 5.21 Å². The maximum absolute atomic E-state index is 12.2. The van der Waals surface area contributed by atoms with E-state index in [0.29, 0.717) is 5.82 Å². The summed E-state index contributed by atoms with van der Waals surface area (Å²) in [5.41, 5.74) is 0.131. The Balaban J connectivity index is 1.59. The van der Waals surface area contributed by atoms with Crippen LogP contribution >= 0.6 is 34.8 Å². The van der Waals surface area contributed by atoms with E-state index in [1.165, 1.54) is 4.90 Å². The minimum Gasteiger partial charge on any atom is -0.382 e. The topological polar surface area (TPSA) is 95.0 Å².